The van der Waals surface area contributed by atoms with E-state index in [1.54, 1.807) is 22.2 Å². The molecule has 22 heavy (non-hydrogen) atoms. The Morgan fingerprint density at radius 1 is 1.41 bits per heavy atom. The molecule has 2 aromatic rings. The van der Waals surface area contributed by atoms with E-state index in [9.17, 15) is 0 Å². The zero-order valence-corrected chi connectivity index (χ0v) is 14.0. The van der Waals surface area contributed by atoms with Gasteiger partial charge in [-0.3, -0.25) is 0 Å². The molecule has 0 spiro atoms. The Hall–Kier alpha value is -1.40. The zero-order chi connectivity index (χ0) is 15.4. The lowest BCUT2D eigenvalue weighted by Crippen LogP contribution is -2.31. The Kier molecular flexibility index (Phi) is 5.10. The molecule has 2 heterocycles. The molecule has 2 aromatic heterocycles. The van der Waals surface area contributed by atoms with Crippen LogP contribution in [0.2, 0.25) is 0 Å². The van der Waals surface area contributed by atoms with Crippen molar-refractivity contribution in [3.63, 3.8) is 0 Å². The first-order valence-electron chi connectivity index (χ1n) is 8.16. The van der Waals surface area contributed by atoms with E-state index in [0.29, 0.717) is 12.6 Å². The van der Waals surface area contributed by atoms with Crippen LogP contribution in [0.15, 0.2) is 17.6 Å². The molecule has 3 rings (SSSR count). The third kappa shape index (κ3) is 3.67. The van der Waals surface area contributed by atoms with Crippen molar-refractivity contribution in [2.75, 3.05) is 11.9 Å². The van der Waals surface area contributed by atoms with Gasteiger partial charge in [0.1, 0.15) is 0 Å². The second kappa shape index (κ2) is 7.24. The molecular formula is C16H25N5S. The Bertz CT molecular complexity index is 585. The normalized spacial score (nSPS) is 17.5. The fourth-order valence-electron chi connectivity index (χ4n) is 3.34. The van der Waals surface area contributed by atoms with Crippen LogP contribution in [0.1, 0.15) is 38.5 Å². The van der Waals surface area contributed by atoms with Gasteiger partial charge in [0, 0.05) is 30.6 Å². The van der Waals surface area contributed by atoms with Crippen LogP contribution < -0.4 is 11.1 Å². The highest BCUT2D eigenvalue weighted by molar-refractivity contribution is 7.14. The lowest BCUT2D eigenvalue weighted by Gasteiger charge is -2.26. The highest BCUT2D eigenvalue weighted by Crippen LogP contribution is 2.31. The summed E-state index contributed by atoms with van der Waals surface area (Å²) in [6.07, 6.45) is 9.91. The molecule has 3 N–H and O–H groups in total. The standard InChI is InChI=1S/C16H25N5S/c1-21-15(10-18-20-21)13-8-16(22-11-13)19-14(9-17)7-12-5-3-2-4-6-12/h8,10-12,14,19H,2-7,9,17H2,1H3/t14-/m0/s1. The average Bonchev–Trinajstić information content (AvgIpc) is 3.16. The quantitative estimate of drug-likeness (QED) is 0.857. The Labute approximate surface area is 135 Å². The van der Waals surface area contributed by atoms with Crippen molar-refractivity contribution in [1.29, 1.82) is 0 Å². The first-order valence-corrected chi connectivity index (χ1v) is 9.04. The van der Waals surface area contributed by atoms with Crippen LogP contribution in [0.25, 0.3) is 11.3 Å². The van der Waals surface area contributed by atoms with Gasteiger partial charge in [0.05, 0.1) is 16.9 Å². The number of nitrogens with two attached hydrogens (primary N) is 1. The summed E-state index contributed by atoms with van der Waals surface area (Å²) in [5.41, 5.74) is 8.18. The second-order valence-corrected chi connectivity index (χ2v) is 7.17. The molecule has 0 unspecified atom stereocenters. The van der Waals surface area contributed by atoms with Gasteiger partial charge >= 0.3 is 0 Å². The van der Waals surface area contributed by atoms with Crippen LogP contribution in [-0.4, -0.2) is 27.6 Å². The van der Waals surface area contributed by atoms with Gasteiger partial charge in [0.2, 0.25) is 0 Å². The van der Waals surface area contributed by atoms with Crippen molar-refractivity contribution >= 4 is 16.3 Å². The molecule has 1 saturated carbocycles. The third-order valence-corrected chi connectivity index (χ3v) is 5.44. The summed E-state index contributed by atoms with van der Waals surface area (Å²) in [4.78, 5) is 0. The van der Waals surface area contributed by atoms with Crippen molar-refractivity contribution in [3.8, 4) is 11.3 Å². The summed E-state index contributed by atoms with van der Waals surface area (Å²) in [5.74, 6) is 0.843. The summed E-state index contributed by atoms with van der Waals surface area (Å²) in [6, 6.07) is 2.55. The highest BCUT2D eigenvalue weighted by Gasteiger charge is 2.18. The lowest BCUT2D eigenvalue weighted by molar-refractivity contribution is 0.325. The van der Waals surface area contributed by atoms with Crippen molar-refractivity contribution in [1.82, 2.24) is 15.0 Å². The number of anilines is 1. The molecule has 0 aliphatic heterocycles. The third-order valence-electron chi connectivity index (χ3n) is 4.58. The lowest BCUT2D eigenvalue weighted by atomic mass is 9.85. The van der Waals surface area contributed by atoms with Crippen LogP contribution in [-0.2, 0) is 7.05 Å². The monoisotopic (exact) mass is 319 g/mol. The maximum Gasteiger partial charge on any atom is 0.0892 e. The molecule has 6 heteroatoms. The van der Waals surface area contributed by atoms with Gasteiger partial charge in [-0.15, -0.1) is 16.4 Å². The minimum atomic E-state index is 0.374. The Morgan fingerprint density at radius 2 is 2.23 bits per heavy atom. The largest absolute Gasteiger partial charge is 0.373 e. The predicted molar refractivity (Wildman–Crippen MR) is 92.0 cm³/mol. The van der Waals surface area contributed by atoms with Gasteiger partial charge in [-0.25, -0.2) is 4.68 Å². The molecule has 0 aromatic carbocycles. The van der Waals surface area contributed by atoms with E-state index in [4.69, 9.17) is 5.73 Å². The van der Waals surface area contributed by atoms with Gasteiger partial charge in [-0.05, 0) is 18.4 Å². The van der Waals surface area contributed by atoms with E-state index in [2.05, 4.69) is 27.1 Å². The van der Waals surface area contributed by atoms with Crippen LogP contribution in [0, 0.1) is 5.92 Å². The number of nitrogens with one attached hydrogen (secondary N) is 1. The molecule has 1 aliphatic rings. The minimum absolute atomic E-state index is 0.374. The van der Waals surface area contributed by atoms with E-state index in [1.807, 2.05) is 7.05 Å². The van der Waals surface area contributed by atoms with Gasteiger partial charge < -0.3 is 11.1 Å². The summed E-state index contributed by atoms with van der Waals surface area (Å²) in [5, 5.41) is 14.9. The number of hydrogen-bond acceptors (Lipinski definition) is 5. The van der Waals surface area contributed by atoms with Crippen molar-refractivity contribution < 1.29 is 0 Å². The maximum atomic E-state index is 5.98. The van der Waals surface area contributed by atoms with Crippen molar-refractivity contribution in [3.05, 3.63) is 17.6 Å². The van der Waals surface area contributed by atoms with E-state index in [1.165, 1.54) is 43.5 Å². The fraction of sp³-hybridized carbons (Fsp3) is 0.625. The highest BCUT2D eigenvalue weighted by atomic mass is 32.1. The van der Waals surface area contributed by atoms with Gasteiger partial charge in [0.15, 0.2) is 0 Å². The summed E-state index contributed by atoms with van der Waals surface area (Å²) in [6.45, 7) is 0.691. The number of rotatable bonds is 6. The van der Waals surface area contributed by atoms with E-state index >= 15 is 0 Å². The van der Waals surface area contributed by atoms with E-state index in [0.717, 1.165) is 17.2 Å². The van der Waals surface area contributed by atoms with Gasteiger partial charge in [-0.2, -0.15) is 0 Å². The second-order valence-electron chi connectivity index (χ2n) is 6.26. The molecular weight excluding hydrogens is 294 g/mol. The Balaban J connectivity index is 1.61. The molecule has 5 nitrogen and oxygen atoms in total. The molecule has 1 aliphatic carbocycles. The van der Waals surface area contributed by atoms with Crippen molar-refractivity contribution in [2.24, 2.45) is 18.7 Å². The summed E-state index contributed by atoms with van der Waals surface area (Å²) in [7, 11) is 1.92. The van der Waals surface area contributed by atoms with Crippen LogP contribution in [0.5, 0.6) is 0 Å². The van der Waals surface area contributed by atoms with Crippen LogP contribution >= 0.6 is 11.3 Å². The topological polar surface area (TPSA) is 68.8 Å². The first kappa shape index (κ1) is 15.5. The molecule has 0 amide bonds. The molecule has 0 radical (unpaired) electrons. The molecule has 0 saturated heterocycles. The van der Waals surface area contributed by atoms with Crippen LogP contribution in [0.4, 0.5) is 5.00 Å². The van der Waals surface area contributed by atoms with Gasteiger partial charge in [0.25, 0.3) is 0 Å². The van der Waals surface area contributed by atoms with Crippen LogP contribution in [0.3, 0.4) is 0 Å². The zero-order valence-electron chi connectivity index (χ0n) is 13.2. The Morgan fingerprint density at radius 3 is 2.91 bits per heavy atom. The average molecular weight is 319 g/mol. The SMILES string of the molecule is Cn1nncc1-c1csc(N[C@H](CN)CC2CCCCC2)c1. The molecule has 1 fully saturated rings. The summed E-state index contributed by atoms with van der Waals surface area (Å²) < 4.78 is 1.80. The smallest absolute Gasteiger partial charge is 0.0892 e. The molecule has 1 atom stereocenters. The number of aromatic nitrogens is 3. The van der Waals surface area contributed by atoms with Gasteiger partial charge in [-0.1, -0.05) is 37.3 Å². The van der Waals surface area contributed by atoms with E-state index < -0.39 is 0 Å². The fourth-order valence-corrected chi connectivity index (χ4v) is 4.21. The molecule has 0 bridgehead atoms. The molecule has 120 valence electrons. The van der Waals surface area contributed by atoms with Crippen molar-refractivity contribution in [2.45, 2.75) is 44.6 Å². The van der Waals surface area contributed by atoms with E-state index in [-0.39, 0.29) is 0 Å². The number of thiophene rings is 1. The number of aryl methyl sites for hydroxylation is 1. The minimum Gasteiger partial charge on any atom is -0.373 e. The number of nitrogens with zero attached hydrogens (tertiary/aromatic N) is 3. The maximum absolute atomic E-state index is 5.98. The first-order chi connectivity index (χ1) is 10.8. The number of hydrogen-bond donors (Lipinski definition) is 2. The predicted octanol–water partition coefficient (Wildman–Crippen LogP) is 3.25. The summed E-state index contributed by atoms with van der Waals surface area (Å²) >= 11 is 1.73.